The number of nitrogens with one attached hydrogen (secondary N) is 1. The molecule has 0 aliphatic heterocycles. The zero-order valence-corrected chi connectivity index (χ0v) is 9.81. The van der Waals surface area contributed by atoms with E-state index in [1.165, 1.54) is 0 Å². The average molecular weight is 251 g/mol. The number of hydrogen-bond donors (Lipinski definition) is 1. The highest BCUT2D eigenvalue weighted by Crippen LogP contribution is 2.26. The minimum atomic E-state index is -1.44. The summed E-state index contributed by atoms with van der Waals surface area (Å²) in [7, 11) is 1.78. The van der Waals surface area contributed by atoms with Gasteiger partial charge in [0.1, 0.15) is 0 Å². The molecule has 0 radical (unpaired) electrons. The third-order valence-electron chi connectivity index (χ3n) is 2.68. The summed E-state index contributed by atoms with van der Waals surface area (Å²) >= 11 is 0. The summed E-state index contributed by atoms with van der Waals surface area (Å²) in [6, 6.07) is 9.23. The molecule has 0 bridgehead atoms. The van der Waals surface area contributed by atoms with Crippen LogP contribution in [0.2, 0.25) is 0 Å². The molecule has 0 heterocycles. The number of rotatable bonds is 3. The van der Waals surface area contributed by atoms with Crippen molar-refractivity contribution in [3.63, 3.8) is 0 Å². The first-order valence-electron chi connectivity index (χ1n) is 5.51. The summed E-state index contributed by atoms with van der Waals surface area (Å²) in [5.74, 6) is -3.79. The van der Waals surface area contributed by atoms with E-state index in [4.69, 9.17) is 0 Å². The van der Waals surface area contributed by atoms with Crippen LogP contribution < -0.4 is 5.32 Å². The van der Waals surface area contributed by atoms with Crippen LogP contribution in [-0.4, -0.2) is 7.05 Å². The molecule has 0 unspecified atom stereocenters. The van der Waals surface area contributed by atoms with Gasteiger partial charge in [-0.1, -0.05) is 24.3 Å². The smallest absolute Gasteiger partial charge is 0.194 e. The molecule has 1 N–H and O–H groups in total. The third-order valence-corrected chi connectivity index (χ3v) is 2.68. The van der Waals surface area contributed by atoms with Gasteiger partial charge in [-0.05, 0) is 35.9 Å². The molecule has 0 saturated heterocycles. The Labute approximate surface area is 103 Å². The lowest BCUT2D eigenvalue weighted by Gasteiger charge is -2.10. The van der Waals surface area contributed by atoms with Crippen molar-refractivity contribution < 1.29 is 13.2 Å². The molecule has 1 nitrogen and oxygen atoms in total. The largest absolute Gasteiger partial charge is 0.316 e. The molecule has 0 aliphatic carbocycles. The molecule has 0 atom stereocenters. The van der Waals surface area contributed by atoms with Crippen LogP contribution in [0.25, 0.3) is 11.1 Å². The molecule has 4 heteroatoms. The second kappa shape index (κ2) is 5.23. The van der Waals surface area contributed by atoms with Gasteiger partial charge in [0.15, 0.2) is 17.5 Å². The number of benzene rings is 2. The lowest BCUT2D eigenvalue weighted by molar-refractivity contribution is 0.447. The summed E-state index contributed by atoms with van der Waals surface area (Å²) in [6.45, 7) is 0.566. The number of halogens is 3. The first-order valence-corrected chi connectivity index (χ1v) is 5.51. The Hall–Kier alpha value is -1.81. The molecule has 0 aliphatic rings. The van der Waals surface area contributed by atoms with Crippen LogP contribution in [0.3, 0.4) is 0 Å². The zero-order chi connectivity index (χ0) is 13.1. The van der Waals surface area contributed by atoms with Gasteiger partial charge in [-0.25, -0.2) is 13.2 Å². The van der Waals surface area contributed by atoms with Gasteiger partial charge in [-0.15, -0.1) is 0 Å². The van der Waals surface area contributed by atoms with E-state index in [1.54, 1.807) is 19.2 Å². The predicted molar refractivity (Wildman–Crippen MR) is 64.5 cm³/mol. The van der Waals surface area contributed by atoms with Gasteiger partial charge in [0.2, 0.25) is 0 Å². The molecular weight excluding hydrogens is 239 g/mol. The highest BCUT2D eigenvalue weighted by atomic mass is 19.2. The van der Waals surface area contributed by atoms with Gasteiger partial charge in [0.25, 0.3) is 0 Å². The molecular formula is C14H12F3N. The van der Waals surface area contributed by atoms with E-state index in [1.807, 2.05) is 12.1 Å². The molecule has 2 aromatic carbocycles. The van der Waals surface area contributed by atoms with Crippen LogP contribution in [-0.2, 0) is 6.54 Å². The van der Waals surface area contributed by atoms with Crippen LogP contribution in [0, 0.1) is 17.5 Å². The van der Waals surface area contributed by atoms with Gasteiger partial charge in [0.05, 0.1) is 0 Å². The minimum Gasteiger partial charge on any atom is -0.316 e. The van der Waals surface area contributed by atoms with Crippen molar-refractivity contribution in [3.05, 3.63) is 59.4 Å². The second-order valence-electron chi connectivity index (χ2n) is 3.94. The SMILES string of the molecule is CNCc1ccccc1-c1cc(F)c(F)c(F)c1. The van der Waals surface area contributed by atoms with Gasteiger partial charge < -0.3 is 5.32 Å². The van der Waals surface area contributed by atoms with Crippen molar-refractivity contribution in [3.8, 4) is 11.1 Å². The molecule has 0 amide bonds. The van der Waals surface area contributed by atoms with Crippen molar-refractivity contribution >= 4 is 0 Å². The summed E-state index contributed by atoms with van der Waals surface area (Å²) in [5, 5.41) is 2.97. The molecule has 0 fully saturated rings. The lowest BCUT2D eigenvalue weighted by Crippen LogP contribution is -2.06. The van der Waals surface area contributed by atoms with E-state index < -0.39 is 17.5 Å². The summed E-state index contributed by atoms with van der Waals surface area (Å²) in [5.41, 5.74) is 1.91. The molecule has 2 aromatic rings. The Balaban J connectivity index is 2.55. The van der Waals surface area contributed by atoms with Crippen molar-refractivity contribution in [2.24, 2.45) is 0 Å². The van der Waals surface area contributed by atoms with Crippen LogP contribution in [0.4, 0.5) is 13.2 Å². The average Bonchev–Trinajstić information content (AvgIpc) is 2.36. The zero-order valence-electron chi connectivity index (χ0n) is 9.81. The van der Waals surface area contributed by atoms with E-state index >= 15 is 0 Å². The molecule has 94 valence electrons. The lowest BCUT2D eigenvalue weighted by atomic mass is 9.99. The monoisotopic (exact) mass is 251 g/mol. The fourth-order valence-corrected chi connectivity index (χ4v) is 1.86. The standard InChI is InChI=1S/C14H12F3N/c1-18-8-9-4-2-3-5-11(9)10-6-12(15)14(17)13(16)7-10/h2-7,18H,8H2,1H3. The maximum Gasteiger partial charge on any atom is 0.194 e. The van der Waals surface area contributed by atoms with E-state index in [-0.39, 0.29) is 0 Å². The molecule has 2 rings (SSSR count). The molecule has 0 spiro atoms. The van der Waals surface area contributed by atoms with Crippen LogP contribution in [0.1, 0.15) is 5.56 Å². The number of hydrogen-bond acceptors (Lipinski definition) is 1. The second-order valence-corrected chi connectivity index (χ2v) is 3.94. The van der Waals surface area contributed by atoms with E-state index in [2.05, 4.69) is 5.32 Å². The summed E-state index contributed by atoms with van der Waals surface area (Å²) in [6.07, 6.45) is 0. The molecule has 0 saturated carbocycles. The maximum absolute atomic E-state index is 13.2. The molecule has 0 aromatic heterocycles. The fourth-order valence-electron chi connectivity index (χ4n) is 1.86. The van der Waals surface area contributed by atoms with Crippen LogP contribution in [0.5, 0.6) is 0 Å². The van der Waals surface area contributed by atoms with Gasteiger partial charge in [0, 0.05) is 6.54 Å². The molecule has 18 heavy (non-hydrogen) atoms. The maximum atomic E-state index is 13.2. The highest BCUT2D eigenvalue weighted by molar-refractivity contribution is 5.67. The Morgan fingerprint density at radius 1 is 1.00 bits per heavy atom. The Kier molecular flexibility index (Phi) is 3.67. The van der Waals surface area contributed by atoms with E-state index in [9.17, 15) is 13.2 Å². The van der Waals surface area contributed by atoms with Gasteiger partial charge >= 0.3 is 0 Å². The first kappa shape index (κ1) is 12.6. The van der Waals surface area contributed by atoms with Gasteiger partial charge in [-0.2, -0.15) is 0 Å². The Morgan fingerprint density at radius 3 is 2.22 bits per heavy atom. The van der Waals surface area contributed by atoms with Crippen molar-refractivity contribution in [1.82, 2.24) is 5.32 Å². The van der Waals surface area contributed by atoms with Crippen molar-refractivity contribution in [2.75, 3.05) is 7.05 Å². The predicted octanol–water partition coefficient (Wildman–Crippen LogP) is 3.49. The van der Waals surface area contributed by atoms with E-state index in [0.29, 0.717) is 17.7 Å². The third kappa shape index (κ3) is 2.38. The first-order chi connectivity index (χ1) is 8.63. The van der Waals surface area contributed by atoms with E-state index in [0.717, 1.165) is 17.7 Å². The van der Waals surface area contributed by atoms with Crippen molar-refractivity contribution in [1.29, 1.82) is 0 Å². The highest BCUT2D eigenvalue weighted by Gasteiger charge is 2.13. The normalized spacial score (nSPS) is 10.7. The summed E-state index contributed by atoms with van der Waals surface area (Å²) in [4.78, 5) is 0. The van der Waals surface area contributed by atoms with Gasteiger partial charge in [-0.3, -0.25) is 0 Å². The quantitative estimate of drug-likeness (QED) is 0.823. The van der Waals surface area contributed by atoms with Crippen molar-refractivity contribution in [2.45, 2.75) is 6.54 Å². The Morgan fingerprint density at radius 2 is 1.61 bits per heavy atom. The Bertz CT molecular complexity index is 544. The minimum absolute atomic E-state index is 0.331. The van der Waals surface area contributed by atoms with Crippen LogP contribution >= 0.6 is 0 Å². The van der Waals surface area contributed by atoms with Crippen LogP contribution in [0.15, 0.2) is 36.4 Å². The fraction of sp³-hybridized carbons (Fsp3) is 0.143. The summed E-state index contributed by atoms with van der Waals surface area (Å²) < 4.78 is 39.3. The topological polar surface area (TPSA) is 12.0 Å².